The van der Waals surface area contributed by atoms with Gasteiger partial charge in [0.05, 0.1) is 0 Å². The van der Waals surface area contributed by atoms with Crippen LogP contribution in [0.25, 0.3) is 0 Å². The Morgan fingerprint density at radius 3 is 2.00 bits per heavy atom. The van der Waals surface area contributed by atoms with Crippen LogP contribution >= 0.6 is 0 Å². The Hall–Kier alpha value is -1.06. The molecule has 4 nitrogen and oxygen atoms in total. The summed E-state index contributed by atoms with van der Waals surface area (Å²) >= 11 is 0. The predicted molar refractivity (Wildman–Crippen MR) is 85.8 cm³/mol. The first-order chi connectivity index (χ1) is 9.68. The molecule has 1 aliphatic heterocycles. The van der Waals surface area contributed by atoms with Crippen molar-refractivity contribution < 1.29 is 9.59 Å². The van der Waals surface area contributed by atoms with E-state index in [-0.39, 0.29) is 35.2 Å². The van der Waals surface area contributed by atoms with E-state index in [1.807, 2.05) is 25.7 Å². The Morgan fingerprint density at radius 1 is 1.10 bits per heavy atom. The minimum Gasteiger partial charge on any atom is -0.342 e. The lowest BCUT2D eigenvalue weighted by atomic mass is 9.81. The van der Waals surface area contributed by atoms with Crippen LogP contribution in [0.1, 0.15) is 67.7 Å². The van der Waals surface area contributed by atoms with Gasteiger partial charge in [0.15, 0.2) is 0 Å². The topological polar surface area (TPSA) is 49.4 Å². The Labute approximate surface area is 129 Å². The van der Waals surface area contributed by atoms with Crippen molar-refractivity contribution in [3.05, 3.63) is 0 Å². The van der Waals surface area contributed by atoms with Gasteiger partial charge in [0.2, 0.25) is 11.8 Å². The van der Waals surface area contributed by atoms with Gasteiger partial charge < -0.3 is 10.2 Å². The summed E-state index contributed by atoms with van der Waals surface area (Å²) in [4.78, 5) is 27.5. The number of rotatable bonds is 5. The van der Waals surface area contributed by atoms with E-state index in [9.17, 15) is 9.59 Å². The molecule has 0 aromatic rings. The Bertz CT molecular complexity index is 383. The maximum Gasteiger partial charge on any atom is 0.246 e. The predicted octanol–water partition coefficient (Wildman–Crippen LogP) is 2.96. The zero-order chi connectivity index (χ0) is 16.4. The maximum absolute atomic E-state index is 13.0. The second-order valence-electron chi connectivity index (χ2n) is 7.35. The number of piperazine rings is 1. The van der Waals surface area contributed by atoms with Crippen LogP contribution in [0.15, 0.2) is 0 Å². The lowest BCUT2D eigenvalue weighted by Gasteiger charge is -2.48. The van der Waals surface area contributed by atoms with Gasteiger partial charge in [-0.25, -0.2) is 0 Å². The summed E-state index contributed by atoms with van der Waals surface area (Å²) in [5.41, 5.74) is -0.266. The summed E-state index contributed by atoms with van der Waals surface area (Å²) in [5.74, 6) is 0.271. The van der Waals surface area contributed by atoms with Crippen molar-refractivity contribution in [2.24, 2.45) is 11.3 Å². The molecule has 1 saturated heterocycles. The van der Waals surface area contributed by atoms with E-state index in [2.05, 4.69) is 33.0 Å². The van der Waals surface area contributed by atoms with E-state index in [4.69, 9.17) is 0 Å². The molecular weight excluding hydrogens is 264 g/mol. The van der Waals surface area contributed by atoms with Crippen LogP contribution in [0.3, 0.4) is 0 Å². The molecule has 21 heavy (non-hydrogen) atoms. The molecule has 2 amide bonds. The second kappa shape index (κ2) is 6.80. The normalized spacial score (nSPS) is 25.2. The standard InChI is InChI=1S/C17H32N2O2/c1-8-11(4)13-15(20)18-14(17(5,6)7)16(21)19(13)12(9-2)10-3/h11-14H,8-10H2,1-7H3,(H,18,20). The van der Waals surface area contributed by atoms with E-state index in [1.165, 1.54) is 0 Å². The molecule has 1 aliphatic rings. The third-order valence-corrected chi connectivity index (χ3v) is 4.74. The molecular formula is C17H32N2O2. The first-order valence-electron chi connectivity index (χ1n) is 8.31. The number of nitrogens with zero attached hydrogens (tertiary/aromatic N) is 1. The monoisotopic (exact) mass is 296 g/mol. The fraction of sp³-hybridized carbons (Fsp3) is 0.882. The molecule has 3 unspecified atom stereocenters. The van der Waals surface area contributed by atoms with Crippen LogP contribution in [0.5, 0.6) is 0 Å². The van der Waals surface area contributed by atoms with E-state index >= 15 is 0 Å². The van der Waals surface area contributed by atoms with Gasteiger partial charge in [0.25, 0.3) is 0 Å². The highest BCUT2D eigenvalue weighted by Crippen LogP contribution is 2.30. The van der Waals surface area contributed by atoms with Gasteiger partial charge in [-0.15, -0.1) is 0 Å². The lowest BCUT2D eigenvalue weighted by molar-refractivity contribution is -0.158. The van der Waals surface area contributed by atoms with Gasteiger partial charge >= 0.3 is 0 Å². The summed E-state index contributed by atoms with van der Waals surface area (Å²) in [7, 11) is 0. The van der Waals surface area contributed by atoms with E-state index in [0.29, 0.717) is 0 Å². The highest BCUT2D eigenvalue weighted by atomic mass is 16.2. The number of carbonyl (C=O) groups is 2. The van der Waals surface area contributed by atoms with E-state index in [0.717, 1.165) is 19.3 Å². The smallest absolute Gasteiger partial charge is 0.246 e. The van der Waals surface area contributed by atoms with Crippen LogP contribution in [0.2, 0.25) is 0 Å². The minimum absolute atomic E-state index is 0.00998. The van der Waals surface area contributed by atoms with Crippen LogP contribution in [-0.2, 0) is 9.59 Å². The molecule has 0 radical (unpaired) electrons. The average Bonchev–Trinajstić information content (AvgIpc) is 2.41. The molecule has 1 heterocycles. The SMILES string of the molecule is CCC(C)C1C(=O)NC(C(C)(C)C)C(=O)N1C(CC)CC. The van der Waals surface area contributed by atoms with Crippen LogP contribution in [-0.4, -0.2) is 34.8 Å². The average molecular weight is 296 g/mol. The highest BCUT2D eigenvalue weighted by Gasteiger charge is 2.48. The number of carbonyl (C=O) groups excluding carboxylic acids is 2. The van der Waals surface area contributed by atoms with Gasteiger partial charge in [-0.05, 0) is 24.2 Å². The van der Waals surface area contributed by atoms with E-state index < -0.39 is 6.04 Å². The fourth-order valence-electron chi connectivity index (χ4n) is 3.13. The Morgan fingerprint density at radius 2 is 1.62 bits per heavy atom. The molecule has 3 atom stereocenters. The van der Waals surface area contributed by atoms with Crippen molar-refractivity contribution >= 4 is 11.8 Å². The first-order valence-corrected chi connectivity index (χ1v) is 8.31. The van der Waals surface area contributed by atoms with Crippen molar-refractivity contribution in [1.82, 2.24) is 10.2 Å². The van der Waals surface area contributed by atoms with Gasteiger partial charge in [-0.3, -0.25) is 9.59 Å². The summed E-state index contributed by atoms with van der Waals surface area (Å²) in [6, 6.07) is -0.607. The molecule has 4 heteroatoms. The quantitative estimate of drug-likeness (QED) is 0.848. The zero-order valence-electron chi connectivity index (χ0n) is 14.7. The van der Waals surface area contributed by atoms with Crippen molar-refractivity contribution in [2.45, 2.75) is 85.9 Å². The van der Waals surface area contributed by atoms with Crippen molar-refractivity contribution in [3.8, 4) is 0 Å². The molecule has 1 rings (SSSR count). The molecule has 1 N–H and O–H groups in total. The molecule has 122 valence electrons. The van der Waals surface area contributed by atoms with Gasteiger partial charge in [0, 0.05) is 6.04 Å². The highest BCUT2D eigenvalue weighted by molar-refractivity contribution is 5.97. The molecule has 0 aromatic carbocycles. The molecule has 0 aliphatic carbocycles. The maximum atomic E-state index is 13.0. The minimum atomic E-state index is -0.425. The van der Waals surface area contributed by atoms with Crippen LogP contribution in [0, 0.1) is 11.3 Å². The van der Waals surface area contributed by atoms with Crippen molar-refractivity contribution in [3.63, 3.8) is 0 Å². The van der Waals surface area contributed by atoms with E-state index in [1.54, 1.807) is 0 Å². The van der Waals surface area contributed by atoms with Crippen LogP contribution in [0.4, 0.5) is 0 Å². The van der Waals surface area contributed by atoms with Gasteiger partial charge in [0.1, 0.15) is 12.1 Å². The third kappa shape index (κ3) is 3.58. The third-order valence-electron chi connectivity index (χ3n) is 4.74. The van der Waals surface area contributed by atoms with Crippen LogP contribution < -0.4 is 5.32 Å². The van der Waals surface area contributed by atoms with Crippen molar-refractivity contribution in [2.75, 3.05) is 0 Å². The van der Waals surface area contributed by atoms with Crippen molar-refractivity contribution in [1.29, 1.82) is 0 Å². The molecule has 0 spiro atoms. The van der Waals surface area contributed by atoms with Gasteiger partial charge in [-0.2, -0.15) is 0 Å². The summed E-state index contributed by atoms with van der Waals surface area (Å²) < 4.78 is 0. The molecule has 0 bridgehead atoms. The first kappa shape index (κ1) is 18.0. The molecule has 0 aromatic heterocycles. The molecule has 0 saturated carbocycles. The summed E-state index contributed by atoms with van der Waals surface area (Å²) in [6.45, 7) is 14.3. The summed E-state index contributed by atoms with van der Waals surface area (Å²) in [5, 5.41) is 2.97. The number of hydrogen-bond donors (Lipinski definition) is 1. The second-order valence-corrected chi connectivity index (χ2v) is 7.35. The number of amides is 2. The Balaban J connectivity index is 3.23. The number of hydrogen-bond acceptors (Lipinski definition) is 2. The molecule has 1 fully saturated rings. The fourth-order valence-corrected chi connectivity index (χ4v) is 3.13. The lowest BCUT2D eigenvalue weighted by Crippen LogP contribution is -2.69. The zero-order valence-corrected chi connectivity index (χ0v) is 14.7. The Kier molecular flexibility index (Phi) is 5.83. The number of nitrogens with one attached hydrogen (secondary N) is 1. The van der Waals surface area contributed by atoms with Gasteiger partial charge in [-0.1, -0.05) is 54.9 Å². The summed E-state index contributed by atoms with van der Waals surface area (Å²) in [6.07, 6.45) is 2.67. The largest absolute Gasteiger partial charge is 0.342 e.